The van der Waals surface area contributed by atoms with E-state index in [0.29, 0.717) is 25.4 Å². The van der Waals surface area contributed by atoms with Crippen molar-refractivity contribution in [2.45, 2.75) is 6.42 Å². The van der Waals surface area contributed by atoms with Gasteiger partial charge in [-0.15, -0.1) is 0 Å². The van der Waals surface area contributed by atoms with Crippen molar-refractivity contribution in [1.29, 1.82) is 5.41 Å². The first-order valence-electron chi connectivity index (χ1n) is 4.58. The Balaban J connectivity index is 2.36. The molecule has 0 radical (unpaired) electrons. The van der Waals surface area contributed by atoms with E-state index >= 15 is 0 Å². The fraction of sp³-hybridized carbons (Fsp3) is 0.300. The summed E-state index contributed by atoms with van der Waals surface area (Å²) in [6.45, 7) is 1.13. The number of benzene rings is 1. The fourth-order valence-corrected chi connectivity index (χ4v) is 2.09. The molecule has 0 saturated heterocycles. The quantitative estimate of drug-likeness (QED) is 0.635. The number of halogens is 1. The predicted octanol–water partition coefficient (Wildman–Crippen LogP) is 1.70. The third-order valence-electron chi connectivity index (χ3n) is 2.05. The van der Waals surface area contributed by atoms with Crippen LogP contribution in [0.25, 0.3) is 0 Å². The van der Waals surface area contributed by atoms with Crippen LogP contribution in [0.2, 0.25) is 0 Å². The van der Waals surface area contributed by atoms with Crippen LogP contribution in [0, 0.1) is 5.41 Å². The molecule has 1 aliphatic heterocycles. The topological polar surface area (TPSA) is 68.3 Å². The summed E-state index contributed by atoms with van der Waals surface area (Å²) in [6, 6.07) is 3.76. The molecule has 1 heterocycles. The van der Waals surface area contributed by atoms with E-state index in [2.05, 4.69) is 15.9 Å². The Hall–Kier alpha value is -1.23. The molecule has 0 saturated carbocycles. The maximum atomic E-state index is 7.23. The Bertz CT molecular complexity index is 407. The van der Waals surface area contributed by atoms with Gasteiger partial charge in [0, 0.05) is 6.42 Å². The van der Waals surface area contributed by atoms with Crippen molar-refractivity contribution in [3.63, 3.8) is 0 Å². The number of ether oxygens (including phenoxy) is 2. The van der Waals surface area contributed by atoms with Gasteiger partial charge in [0.05, 0.1) is 10.3 Å². The molecular formula is C10H11BrN2O2. The first-order valence-corrected chi connectivity index (χ1v) is 5.37. The molecule has 0 fully saturated rings. The Morgan fingerprint density at radius 1 is 1.40 bits per heavy atom. The van der Waals surface area contributed by atoms with Crippen LogP contribution >= 0.6 is 15.9 Å². The lowest BCUT2D eigenvalue weighted by Gasteiger charge is -2.20. The fourth-order valence-electron chi connectivity index (χ4n) is 1.49. The van der Waals surface area contributed by atoms with Crippen LogP contribution < -0.4 is 15.2 Å². The van der Waals surface area contributed by atoms with Crippen molar-refractivity contribution >= 4 is 21.8 Å². The summed E-state index contributed by atoms with van der Waals surface area (Å²) in [6.07, 6.45) is 0.426. The molecule has 80 valence electrons. The molecule has 0 aromatic heterocycles. The van der Waals surface area contributed by atoms with Gasteiger partial charge in [-0.25, -0.2) is 0 Å². The van der Waals surface area contributed by atoms with E-state index in [4.69, 9.17) is 20.6 Å². The Morgan fingerprint density at radius 2 is 2.13 bits per heavy atom. The summed E-state index contributed by atoms with van der Waals surface area (Å²) in [5.74, 6) is 1.58. The van der Waals surface area contributed by atoms with Crippen LogP contribution in [-0.2, 0) is 6.42 Å². The number of fused-ring (bicyclic) bond motifs is 1. The zero-order valence-electron chi connectivity index (χ0n) is 8.05. The van der Waals surface area contributed by atoms with Crippen LogP contribution in [0.15, 0.2) is 16.6 Å². The number of hydrogen-bond donors (Lipinski definition) is 2. The van der Waals surface area contributed by atoms with Crippen LogP contribution in [0.4, 0.5) is 0 Å². The standard InChI is InChI=1S/C10H11BrN2O2/c11-7-3-6(5-9(12)13)4-8-10(7)15-2-1-14-8/h3-4H,1-2,5H2,(H3,12,13). The second kappa shape index (κ2) is 4.10. The Morgan fingerprint density at radius 3 is 2.87 bits per heavy atom. The number of rotatable bonds is 2. The van der Waals surface area contributed by atoms with E-state index in [0.717, 1.165) is 15.8 Å². The summed E-state index contributed by atoms with van der Waals surface area (Å²) >= 11 is 3.41. The minimum atomic E-state index is 0.138. The summed E-state index contributed by atoms with van der Waals surface area (Å²) < 4.78 is 11.8. The van der Waals surface area contributed by atoms with Gasteiger partial charge in [-0.2, -0.15) is 0 Å². The van der Waals surface area contributed by atoms with E-state index in [9.17, 15) is 0 Å². The first kappa shape index (κ1) is 10.3. The van der Waals surface area contributed by atoms with E-state index < -0.39 is 0 Å². The lowest BCUT2D eigenvalue weighted by Crippen LogP contribution is -2.17. The highest BCUT2D eigenvalue weighted by molar-refractivity contribution is 9.10. The lowest BCUT2D eigenvalue weighted by atomic mass is 10.1. The predicted molar refractivity (Wildman–Crippen MR) is 60.8 cm³/mol. The number of nitrogens with one attached hydrogen (secondary N) is 1. The van der Waals surface area contributed by atoms with E-state index in [1.54, 1.807) is 0 Å². The van der Waals surface area contributed by atoms with Gasteiger partial charge in [0.2, 0.25) is 0 Å². The summed E-state index contributed by atoms with van der Waals surface area (Å²) in [4.78, 5) is 0. The zero-order valence-corrected chi connectivity index (χ0v) is 9.63. The molecule has 3 N–H and O–H groups in total. The number of nitrogens with two attached hydrogens (primary N) is 1. The third-order valence-corrected chi connectivity index (χ3v) is 2.64. The van der Waals surface area contributed by atoms with Crippen molar-refractivity contribution in [3.05, 3.63) is 22.2 Å². The average molecular weight is 271 g/mol. The highest BCUT2D eigenvalue weighted by Crippen LogP contribution is 2.38. The molecule has 5 heteroatoms. The second-order valence-corrected chi connectivity index (χ2v) is 4.16. The van der Waals surface area contributed by atoms with Crippen molar-refractivity contribution in [2.75, 3.05) is 13.2 Å². The Labute approximate surface area is 96.0 Å². The molecule has 2 rings (SSSR count). The molecular weight excluding hydrogens is 260 g/mol. The highest BCUT2D eigenvalue weighted by atomic mass is 79.9. The van der Waals surface area contributed by atoms with Gasteiger partial charge in [-0.05, 0) is 33.6 Å². The van der Waals surface area contributed by atoms with Crippen molar-refractivity contribution in [1.82, 2.24) is 0 Å². The van der Waals surface area contributed by atoms with Crippen molar-refractivity contribution in [2.24, 2.45) is 5.73 Å². The minimum absolute atomic E-state index is 0.138. The molecule has 1 aliphatic rings. The smallest absolute Gasteiger partial charge is 0.175 e. The van der Waals surface area contributed by atoms with Gasteiger partial charge in [-0.3, -0.25) is 5.41 Å². The molecule has 0 atom stereocenters. The van der Waals surface area contributed by atoms with E-state index in [1.807, 2.05) is 12.1 Å². The monoisotopic (exact) mass is 270 g/mol. The summed E-state index contributed by atoms with van der Waals surface area (Å²) in [7, 11) is 0. The average Bonchev–Trinajstić information content (AvgIpc) is 2.16. The number of hydrogen-bond acceptors (Lipinski definition) is 3. The molecule has 4 nitrogen and oxygen atoms in total. The summed E-state index contributed by atoms with van der Waals surface area (Å²) in [5, 5.41) is 7.23. The SMILES string of the molecule is N=C(N)Cc1cc(Br)c2c(c1)OCCO2. The van der Waals surface area contributed by atoms with Gasteiger partial charge in [-0.1, -0.05) is 0 Å². The Kier molecular flexibility index (Phi) is 2.81. The van der Waals surface area contributed by atoms with Crippen LogP contribution in [0.1, 0.15) is 5.56 Å². The summed E-state index contributed by atoms with van der Waals surface area (Å²) in [5.41, 5.74) is 6.29. The molecule has 0 bridgehead atoms. The maximum absolute atomic E-state index is 7.23. The largest absolute Gasteiger partial charge is 0.486 e. The molecule has 15 heavy (non-hydrogen) atoms. The highest BCUT2D eigenvalue weighted by Gasteiger charge is 2.16. The molecule has 0 spiro atoms. The van der Waals surface area contributed by atoms with E-state index in [1.165, 1.54) is 0 Å². The van der Waals surface area contributed by atoms with Gasteiger partial charge in [0.15, 0.2) is 11.5 Å². The zero-order chi connectivity index (χ0) is 10.8. The number of amidine groups is 1. The molecule has 1 aromatic rings. The van der Waals surface area contributed by atoms with Gasteiger partial charge >= 0.3 is 0 Å². The maximum Gasteiger partial charge on any atom is 0.175 e. The minimum Gasteiger partial charge on any atom is -0.486 e. The van der Waals surface area contributed by atoms with Crippen LogP contribution in [0.5, 0.6) is 11.5 Å². The third kappa shape index (κ3) is 2.23. The normalized spacial score (nSPS) is 13.7. The molecule has 0 unspecified atom stereocenters. The molecule has 0 amide bonds. The van der Waals surface area contributed by atoms with Crippen molar-refractivity contribution < 1.29 is 9.47 Å². The molecule has 1 aromatic carbocycles. The first-order chi connectivity index (χ1) is 7.16. The van der Waals surface area contributed by atoms with Gasteiger partial charge in [0.25, 0.3) is 0 Å². The van der Waals surface area contributed by atoms with Gasteiger partial charge in [0.1, 0.15) is 13.2 Å². The molecule has 0 aliphatic carbocycles. The van der Waals surface area contributed by atoms with Crippen LogP contribution in [0.3, 0.4) is 0 Å². The van der Waals surface area contributed by atoms with Crippen molar-refractivity contribution in [3.8, 4) is 11.5 Å². The lowest BCUT2D eigenvalue weighted by molar-refractivity contribution is 0.170. The van der Waals surface area contributed by atoms with E-state index in [-0.39, 0.29) is 5.84 Å². The van der Waals surface area contributed by atoms with Crippen LogP contribution in [-0.4, -0.2) is 19.0 Å². The second-order valence-electron chi connectivity index (χ2n) is 3.30. The van der Waals surface area contributed by atoms with Gasteiger partial charge < -0.3 is 15.2 Å².